The van der Waals surface area contributed by atoms with Crippen LogP contribution in [0.25, 0.3) is 10.6 Å². The molecule has 1 fully saturated rings. The first-order chi connectivity index (χ1) is 10.7. The van der Waals surface area contributed by atoms with Gasteiger partial charge in [-0.3, -0.25) is 0 Å². The molecule has 0 amide bonds. The fourth-order valence-corrected chi connectivity index (χ4v) is 3.20. The molecule has 4 rings (SSSR count). The number of carbonyl (C=O) groups is 1. The van der Waals surface area contributed by atoms with Gasteiger partial charge in [-0.1, -0.05) is 6.92 Å². The van der Waals surface area contributed by atoms with Crippen molar-refractivity contribution >= 4 is 17.3 Å². The van der Waals surface area contributed by atoms with Crippen molar-refractivity contribution in [1.29, 1.82) is 0 Å². The van der Waals surface area contributed by atoms with Crippen molar-refractivity contribution < 1.29 is 19.0 Å². The van der Waals surface area contributed by atoms with Gasteiger partial charge in [0, 0.05) is 10.9 Å². The van der Waals surface area contributed by atoms with E-state index in [0.29, 0.717) is 29.9 Å². The molecule has 0 spiro atoms. The molecular weight excluding hydrogens is 302 g/mol. The van der Waals surface area contributed by atoms with E-state index in [-0.39, 0.29) is 12.8 Å². The largest absolute Gasteiger partial charge is 0.461 e. The Balaban J connectivity index is 1.47. The Morgan fingerprint density at radius 3 is 3.05 bits per heavy atom. The van der Waals surface area contributed by atoms with Crippen molar-refractivity contribution in [2.75, 3.05) is 13.4 Å². The molecule has 6 heteroatoms. The van der Waals surface area contributed by atoms with Crippen LogP contribution in [0, 0.1) is 11.8 Å². The molecule has 2 heterocycles. The van der Waals surface area contributed by atoms with Gasteiger partial charge in [0.2, 0.25) is 6.79 Å². The standard InChI is InChI=1S/C16H15NO4S/c1-9-4-11(9)6-19-16(18)12-7-22-15(17-12)10-2-3-13-14(5-10)21-8-20-13/h2-3,5,7,9,11H,4,6,8H2,1H3. The van der Waals surface area contributed by atoms with Crippen LogP contribution >= 0.6 is 11.3 Å². The summed E-state index contributed by atoms with van der Waals surface area (Å²) in [5.41, 5.74) is 1.27. The highest BCUT2D eigenvalue weighted by molar-refractivity contribution is 7.13. The van der Waals surface area contributed by atoms with E-state index in [9.17, 15) is 4.79 Å². The maximum Gasteiger partial charge on any atom is 0.357 e. The molecule has 0 radical (unpaired) electrons. The molecule has 2 aliphatic rings. The van der Waals surface area contributed by atoms with E-state index in [1.165, 1.54) is 11.3 Å². The topological polar surface area (TPSA) is 57.7 Å². The summed E-state index contributed by atoms with van der Waals surface area (Å²) < 4.78 is 16.0. The van der Waals surface area contributed by atoms with Crippen LogP contribution in [0.2, 0.25) is 0 Å². The summed E-state index contributed by atoms with van der Waals surface area (Å²) in [6.07, 6.45) is 1.15. The summed E-state index contributed by atoms with van der Waals surface area (Å²) in [7, 11) is 0. The molecule has 2 unspecified atom stereocenters. The minimum absolute atomic E-state index is 0.244. The van der Waals surface area contributed by atoms with Gasteiger partial charge in [0.15, 0.2) is 17.2 Å². The maximum atomic E-state index is 12.0. The molecule has 0 bridgehead atoms. The Kier molecular flexibility index (Phi) is 3.26. The smallest absolute Gasteiger partial charge is 0.357 e. The molecule has 0 N–H and O–H groups in total. The van der Waals surface area contributed by atoms with Gasteiger partial charge in [0.25, 0.3) is 0 Å². The molecule has 1 aliphatic heterocycles. The van der Waals surface area contributed by atoms with Gasteiger partial charge in [-0.2, -0.15) is 0 Å². The number of hydrogen-bond donors (Lipinski definition) is 0. The molecule has 2 aromatic rings. The number of benzene rings is 1. The molecule has 1 saturated carbocycles. The summed E-state index contributed by atoms with van der Waals surface area (Å²) in [5.74, 6) is 2.30. The number of esters is 1. The minimum Gasteiger partial charge on any atom is -0.461 e. The number of thiazole rings is 1. The van der Waals surface area contributed by atoms with E-state index in [0.717, 1.165) is 22.7 Å². The average Bonchev–Trinajstić information content (AvgIpc) is 2.98. The monoisotopic (exact) mass is 317 g/mol. The molecule has 5 nitrogen and oxygen atoms in total. The number of ether oxygens (including phenoxy) is 3. The van der Waals surface area contributed by atoms with Crippen molar-refractivity contribution in [3.8, 4) is 22.1 Å². The fourth-order valence-electron chi connectivity index (χ4n) is 2.42. The maximum absolute atomic E-state index is 12.0. The molecule has 0 saturated heterocycles. The summed E-state index contributed by atoms with van der Waals surface area (Å²) in [6, 6.07) is 5.64. The zero-order chi connectivity index (χ0) is 15.1. The summed E-state index contributed by atoms with van der Waals surface area (Å²) in [5, 5.41) is 2.50. The molecule has 114 valence electrons. The third kappa shape index (κ3) is 2.54. The Bertz CT molecular complexity index is 727. The van der Waals surface area contributed by atoms with Gasteiger partial charge in [-0.25, -0.2) is 9.78 Å². The predicted molar refractivity (Wildman–Crippen MR) is 81.2 cm³/mol. The van der Waals surface area contributed by atoms with Gasteiger partial charge in [0.05, 0.1) is 6.61 Å². The lowest BCUT2D eigenvalue weighted by molar-refractivity contribution is 0.0475. The van der Waals surface area contributed by atoms with Crippen molar-refractivity contribution in [1.82, 2.24) is 4.98 Å². The van der Waals surface area contributed by atoms with Crippen LogP contribution in [-0.4, -0.2) is 24.4 Å². The van der Waals surface area contributed by atoms with Crippen LogP contribution in [0.5, 0.6) is 11.5 Å². The van der Waals surface area contributed by atoms with Gasteiger partial charge >= 0.3 is 5.97 Å². The third-order valence-electron chi connectivity index (χ3n) is 4.04. The van der Waals surface area contributed by atoms with Crippen LogP contribution in [0.4, 0.5) is 0 Å². The SMILES string of the molecule is CC1CC1COC(=O)c1csc(-c2ccc3c(c2)OCO3)n1. The first kappa shape index (κ1) is 13.6. The minimum atomic E-state index is -0.345. The number of nitrogens with zero attached hydrogens (tertiary/aromatic N) is 1. The number of fused-ring (bicyclic) bond motifs is 1. The van der Waals surface area contributed by atoms with Crippen LogP contribution in [0.3, 0.4) is 0 Å². The Labute approximate surface area is 131 Å². The highest BCUT2D eigenvalue weighted by atomic mass is 32.1. The van der Waals surface area contributed by atoms with Gasteiger partial charge < -0.3 is 14.2 Å². The van der Waals surface area contributed by atoms with E-state index >= 15 is 0 Å². The number of carbonyl (C=O) groups excluding carboxylic acids is 1. The molecule has 22 heavy (non-hydrogen) atoms. The van der Waals surface area contributed by atoms with Crippen LogP contribution in [-0.2, 0) is 4.74 Å². The first-order valence-corrected chi connectivity index (χ1v) is 8.11. The highest BCUT2D eigenvalue weighted by Gasteiger charge is 2.33. The number of aromatic nitrogens is 1. The predicted octanol–water partition coefficient (Wildman–Crippen LogP) is 3.35. The normalized spacial score (nSPS) is 21.7. The second kappa shape index (κ2) is 5.28. The lowest BCUT2D eigenvalue weighted by atomic mass is 10.2. The van der Waals surface area contributed by atoms with Gasteiger partial charge in [-0.15, -0.1) is 11.3 Å². The Hall–Kier alpha value is -2.08. The average molecular weight is 317 g/mol. The molecule has 2 atom stereocenters. The van der Waals surface area contributed by atoms with E-state index < -0.39 is 0 Å². The zero-order valence-corrected chi connectivity index (χ0v) is 12.9. The fraction of sp³-hybridized carbons (Fsp3) is 0.375. The molecule has 1 aromatic carbocycles. The molecular formula is C16H15NO4S. The van der Waals surface area contributed by atoms with E-state index in [1.54, 1.807) is 5.38 Å². The van der Waals surface area contributed by atoms with Crippen LogP contribution < -0.4 is 9.47 Å². The van der Waals surface area contributed by atoms with Crippen molar-refractivity contribution in [2.24, 2.45) is 11.8 Å². The molecule has 1 aromatic heterocycles. The van der Waals surface area contributed by atoms with E-state index in [4.69, 9.17) is 14.2 Å². The number of hydrogen-bond acceptors (Lipinski definition) is 6. The quantitative estimate of drug-likeness (QED) is 0.809. The first-order valence-electron chi connectivity index (χ1n) is 7.23. The van der Waals surface area contributed by atoms with E-state index in [1.807, 2.05) is 18.2 Å². The summed E-state index contributed by atoms with van der Waals surface area (Å²) in [4.78, 5) is 16.4. The summed E-state index contributed by atoms with van der Waals surface area (Å²) in [6.45, 7) is 2.91. The third-order valence-corrected chi connectivity index (χ3v) is 4.93. The highest BCUT2D eigenvalue weighted by Crippen LogP contribution is 2.38. The number of rotatable bonds is 4. The molecule has 1 aliphatic carbocycles. The van der Waals surface area contributed by atoms with E-state index in [2.05, 4.69) is 11.9 Å². The van der Waals surface area contributed by atoms with Gasteiger partial charge in [0.1, 0.15) is 5.01 Å². The van der Waals surface area contributed by atoms with Crippen molar-refractivity contribution in [3.05, 3.63) is 29.3 Å². The van der Waals surface area contributed by atoms with Crippen LogP contribution in [0.1, 0.15) is 23.8 Å². The van der Waals surface area contributed by atoms with Crippen molar-refractivity contribution in [3.63, 3.8) is 0 Å². The lowest BCUT2D eigenvalue weighted by Gasteiger charge is -2.01. The Morgan fingerprint density at radius 2 is 2.23 bits per heavy atom. The second-order valence-corrected chi connectivity index (χ2v) is 6.54. The van der Waals surface area contributed by atoms with Crippen LogP contribution in [0.15, 0.2) is 23.6 Å². The lowest BCUT2D eigenvalue weighted by Crippen LogP contribution is -2.08. The second-order valence-electron chi connectivity index (χ2n) is 5.68. The van der Waals surface area contributed by atoms with Gasteiger partial charge in [-0.05, 0) is 36.5 Å². The Morgan fingerprint density at radius 1 is 1.41 bits per heavy atom. The zero-order valence-electron chi connectivity index (χ0n) is 12.1. The summed E-state index contributed by atoms with van der Waals surface area (Å²) >= 11 is 1.42. The van der Waals surface area contributed by atoms with Crippen molar-refractivity contribution in [2.45, 2.75) is 13.3 Å².